The molecule has 1 heterocycles. The normalized spacial score (nSPS) is 21.5. The Morgan fingerprint density at radius 3 is 2.00 bits per heavy atom. The quantitative estimate of drug-likeness (QED) is 0.473. The molecule has 0 radical (unpaired) electrons. The van der Waals surface area contributed by atoms with Crippen molar-refractivity contribution in [2.45, 2.75) is 45.4 Å². The van der Waals surface area contributed by atoms with Gasteiger partial charge in [-0.15, -0.1) is 0 Å². The topological polar surface area (TPSA) is 66.2 Å². The minimum Gasteiger partial charge on any atom is -0.374 e. The molecule has 0 aromatic rings. The van der Waals surface area contributed by atoms with Crippen LogP contribution in [0.15, 0.2) is 0 Å². The Bertz CT molecular complexity index is 197. The highest BCUT2D eigenvalue weighted by Crippen LogP contribution is 2.23. The number of rotatable bonds is 10. The second-order valence-corrected chi connectivity index (χ2v) is 6.79. The first kappa shape index (κ1) is 15.1. The summed E-state index contributed by atoms with van der Waals surface area (Å²) in [5.41, 5.74) is 6.01. The van der Waals surface area contributed by atoms with Crippen LogP contribution in [0.3, 0.4) is 0 Å². The highest BCUT2D eigenvalue weighted by molar-refractivity contribution is 6.60. The van der Waals surface area contributed by atoms with Crippen LogP contribution in [0.1, 0.15) is 27.2 Å². The van der Waals surface area contributed by atoms with E-state index < -0.39 is 8.80 Å². The smallest absolute Gasteiger partial charge is 0.374 e. The monoisotopic (exact) mass is 263 g/mol. The highest BCUT2D eigenvalue weighted by Gasteiger charge is 2.42. The fraction of sp³-hybridized carbons (Fsp3) is 1.00. The summed E-state index contributed by atoms with van der Waals surface area (Å²) in [7, 11) is -2.51. The van der Waals surface area contributed by atoms with Crippen LogP contribution in [-0.4, -0.2) is 47.4 Å². The predicted octanol–water partition coefficient (Wildman–Crippen LogP) is 1.15. The molecule has 1 aliphatic heterocycles. The molecule has 17 heavy (non-hydrogen) atoms. The van der Waals surface area contributed by atoms with Gasteiger partial charge in [-0.3, -0.25) is 0 Å². The maximum atomic E-state index is 6.01. The molecule has 0 aromatic carbocycles. The van der Waals surface area contributed by atoms with Gasteiger partial charge >= 0.3 is 8.80 Å². The lowest BCUT2D eigenvalue weighted by Gasteiger charge is -2.29. The van der Waals surface area contributed by atoms with Crippen LogP contribution in [-0.2, 0) is 18.0 Å². The third kappa shape index (κ3) is 5.03. The Kier molecular flexibility index (Phi) is 6.61. The Morgan fingerprint density at radius 1 is 1.18 bits per heavy atom. The molecule has 0 aliphatic carbocycles. The van der Waals surface area contributed by atoms with Gasteiger partial charge in [-0.1, -0.05) is 0 Å². The van der Waals surface area contributed by atoms with Gasteiger partial charge in [-0.05, 0) is 27.2 Å². The van der Waals surface area contributed by atoms with Gasteiger partial charge in [0.25, 0.3) is 0 Å². The molecule has 0 spiro atoms. The Balaban J connectivity index is 2.45. The summed E-state index contributed by atoms with van der Waals surface area (Å²) in [5, 5.41) is 0. The van der Waals surface area contributed by atoms with Gasteiger partial charge in [0, 0.05) is 31.9 Å². The van der Waals surface area contributed by atoms with Crippen LogP contribution in [0, 0.1) is 0 Å². The Hall–Kier alpha value is 0.0169. The largest absolute Gasteiger partial charge is 0.500 e. The summed E-state index contributed by atoms with van der Waals surface area (Å²) in [6.07, 6.45) is 1.06. The van der Waals surface area contributed by atoms with Crippen LogP contribution in [0.4, 0.5) is 0 Å². The first-order valence-electron chi connectivity index (χ1n) is 6.46. The Morgan fingerprint density at radius 2 is 1.65 bits per heavy atom. The molecule has 102 valence electrons. The lowest BCUT2D eigenvalue weighted by atomic mass is 10.2. The van der Waals surface area contributed by atoms with Crippen molar-refractivity contribution in [3.05, 3.63) is 0 Å². The molecule has 0 saturated carbocycles. The summed E-state index contributed by atoms with van der Waals surface area (Å²) in [6, 6.07) is 0.840. The molecule has 1 fully saturated rings. The third-order valence-electron chi connectivity index (χ3n) is 2.71. The molecule has 6 heteroatoms. The summed E-state index contributed by atoms with van der Waals surface area (Å²) < 4.78 is 22.5. The van der Waals surface area contributed by atoms with Crippen molar-refractivity contribution in [2.75, 3.05) is 26.4 Å². The third-order valence-corrected chi connectivity index (χ3v) is 5.80. The van der Waals surface area contributed by atoms with E-state index in [1.807, 2.05) is 20.8 Å². The molecular formula is C11H25NO4Si. The van der Waals surface area contributed by atoms with E-state index in [4.69, 9.17) is 23.7 Å². The number of hydrogen-bond acceptors (Lipinski definition) is 5. The zero-order chi connectivity index (χ0) is 12.7. The zero-order valence-electron chi connectivity index (χ0n) is 11.1. The number of hydrogen-bond donors (Lipinski definition) is 1. The first-order valence-corrected chi connectivity index (χ1v) is 8.39. The molecule has 1 saturated heterocycles. The second kappa shape index (κ2) is 7.45. The lowest BCUT2D eigenvalue weighted by molar-refractivity contribution is 0.0701. The van der Waals surface area contributed by atoms with Crippen molar-refractivity contribution in [2.24, 2.45) is 5.73 Å². The summed E-state index contributed by atoms with van der Waals surface area (Å²) >= 11 is 0. The fourth-order valence-electron chi connectivity index (χ4n) is 1.83. The number of ether oxygens (including phenoxy) is 1. The van der Waals surface area contributed by atoms with Gasteiger partial charge < -0.3 is 23.7 Å². The lowest BCUT2D eigenvalue weighted by Crippen LogP contribution is -2.47. The molecule has 1 aliphatic rings. The minimum absolute atomic E-state index is 0.0724. The summed E-state index contributed by atoms with van der Waals surface area (Å²) in [5.74, 6) is 0. The van der Waals surface area contributed by atoms with E-state index in [9.17, 15) is 0 Å². The van der Waals surface area contributed by atoms with Crippen LogP contribution in [0.25, 0.3) is 0 Å². The average Bonchev–Trinajstić information content (AvgIpc) is 3.11. The average molecular weight is 263 g/mol. The highest BCUT2D eigenvalue weighted by atomic mass is 28.4. The van der Waals surface area contributed by atoms with E-state index in [1.54, 1.807) is 0 Å². The fourth-order valence-corrected chi connectivity index (χ4v) is 4.52. The molecule has 1 rings (SSSR count). The van der Waals surface area contributed by atoms with Gasteiger partial charge in [0.15, 0.2) is 0 Å². The SMILES string of the molecule is CCO[Si](CCC(N)C1CO1)(OCC)OCC. The molecule has 2 atom stereocenters. The van der Waals surface area contributed by atoms with Gasteiger partial charge in [-0.25, -0.2) is 0 Å². The zero-order valence-corrected chi connectivity index (χ0v) is 12.1. The molecular weight excluding hydrogens is 238 g/mol. The molecule has 0 amide bonds. The maximum Gasteiger partial charge on any atom is 0.500 e. The van der Waals surface area contributed by atoms with Crippen LogP contribution in [0.2, 0.25) is 6.04 Å². The van der Waals surface area contributed by atoms with E-state index in [0.29, 0.717) is 19.8 Å². The van der Waals surface area contributed by atoms with Gasteiger partial charge in [0.1, 0.15) is 0 Å². The van der Waals surface area contributed by atoms with Crippen molar-refractivity contribution in [3.8, 4) is 0 Å². The van der Waals surface area contributed by atoms with Crippen LogP contribution in [0.5, 0.6) is 0 Å². The molecule has 5 nitrogen and oxygen atoms in total. The predicted molar refractivity (Wildman–Crippen MR) is 67.8 cm³/mol. The van der Waals surface area contributed by atoms with Gasteiger partial charge in [-0.2, -0.15) is 0 Å². The maximum absolute atomic E-state index is 6.01. The molecule has 0 bridgehead atoms. The van der Waals surface area contributed by atoms with Crippen molar-refractivity contribution < 1.29 is 18.0 Å². The van der Waals surface area contributed by atoms with E-state index in [2.05, 4.69) is 0 Å². The van der Waals surface area contributed by atoms with E-state index >= 15 is 0 Å². The van der Waals surface area contributed by atoms with Gasteiger partial charge in [0.2, 0.25) is 0 Å². The van der Waals surface area contributed by atoms with E-state index in [-0.39, 0.29) is 12.1 Å². The van der Waals surface area contributed by atoms with Crippen LogP contribution >= 0.6 is 0 Å². The molecule has 2 unspecified atom stereocenters. The first-order chi connectivity index (χ1) is 8.17. The second-order valence-electron chi connectivity index (χ2n) is 4.06. The standard InChI is InChI=1S/C11H25NO4Si/c1-4-14-17(15-5-2,16-6-3)8-7-10(12)11-9-13-11/h10-11H,4-9,12H2,1-3H3. The van der Waals surface area contributed by atoms with Crippen molar-refractivity contribution in [1.29, 1.82) is 0 Å². The number of epoxide rings is 1. The summed E-state index contributed by atoms with van der Waals surface area (Å²) in [6.45, 7) is 8.51. The van der Waals surface area contributed by atoms with Gasteiger partial charge in [0.05, 0.1) is 12.7 Å². The van der Waals surface area contributed by atoms with Crippen LogP contribution < -0.4 is 5.73 Å². The van der Waals surface area contributed by atoms with Crippen molar-refractivity contribution in [3.63, 3.8) is 0 Å². The molecule has 2 N–H and O–H groups in total. The number of nitrogens with two attached hydrogens (primary N) is 1. The van der Waals surface area contributed by atoms with E-state index in [0.717, 1.165) is 19.1 Å². The Labute approximate surface area is 105 Å². The van der Waals surface area contributed by atoms with Crippen molar-refractivity contribution in [1.82, 2.24) is 0 Å². The van der Waals surface area contributed by atoms with Crippen molar-refractivity contribution >= 4 is 8.80 Å². The minimum atomic E-state index is -2.51. The van der Waals surface area contributed by atoms with E-state index in [1.165, 1.54) is 0 Å². The summed E-state index contributed by atoms with van der Waals surface area (Å²) in [4.78, 5) is 0. The molecule has 0 aromatic heterocycles.